The van der Waals surface area contributed by atoms with Crippen LogP contribution in [0.4, 0.5) is 0 Å². The zero-order valence-electron chi connectivity index (χ0n) is 16.2. The maximum Gasteiger partial charge on any atom is 0.260 e. The fraction of sp³-hybridized carbons (Fsp3) is 0.409. The van der Waals surface area contributed by atoms with Gasteiger partial charge in [-0.1, -0.05) is 37.6 Å². The molecule has 0 aromatic heterocycles. The molecule has 2 aromatic rings. The number of amides is 1. The van der Waals surface area contributed by atoms with E-state index in [-0.39, 0.29) is 5.91 Å². The third-order valence-corrected chi connectivity index (χ3v) is 4.36. The monoisotopic (exact) mass is 355 g/mol. The van der Waals surface area contributed by atoms with E-state index < -0.39 is 6.10 Å². The van der Waals surface area contributed by atoms with Gasteiger partial charge < -0.3 is 14.8 Å². The molecule has 4 nitrogen and oxygen atoms in total. The van der Waals surface area contributed by atoms with Gasteiger partial charge in [-0.15, -0.1) is 0 Å². The van der Waals surface area contributed by atoms with Gasteiger partial charge in [0.2, 0.25) is 0 Å². The van der Waals surface area contributed by atoms with E-state index in [1.165, 1.54) is 5.56 Å². The summed E-state index contributed by atoms with van der Waals surface area (Å²) >= 11 is 0. The summed E-state index contributed by atoms with van der Waals surface area (Å²) in [5.74, 6) is 1.42. The van der Waals surface area contributed by atoms with Crippen LogP contribution in [0, 0.1) is 13.8 Å². The molecule has 1 N–H and O–H groups in total. The Kier molecular flexibility index (Phi) is 7.52. The zero-order valence-corrected chi connectivity index (χ0v) is 16.2. The van der Waals surface area contributed by atoms with Gasteiger partial charge in [-0.3, -0.25) is 4.79 Å². The molecular weight excluding hydrogens is 326 g/mol. The van der Waals surface area contributed by atoms with Gasteiger partial charge in [-0.25, -0.2) is 0 Å². The normalized spacial score (nSPS) is 11.7. The van der Waals surface area contributed by atoms with E-state index in [1.807, 2.05) is 44.2 Å². The van der Waals surface area contributed by atoms with Crippen molar-refractivity contribution in [3.05, 3.63) is 59.2 Å². The van der Waals surface area contributed by atoms with Crippen molar-refractivity contribution in [2.24, 2.45) is 0 Å². The molecule has 26 heavy (non-hydrogen) atoms. The van der Waals surface area contributed by atoms with Crippen molar-refractivity contribution in [3.8, 4) is 11.5 Å². The lowest BCUT2D eigenvalue weighted by Gasteiger charge is -2.17. The van der Waals surface area contributed by atoms with Crippen molar-refractivity contribution in [1.29, 1.82) is 0 Å². The molecule has 2 rings (SSSR count). The molecule has 0 saturated heterocycles. The molecule has 0 saturated carbocycles. The van der Waals surface area contributed by atoms with Crippen LogP contribution in [0.2, 0.25) is 0 Å². The summed E-state index contributed by atoms with van der Waals surface area (Å²) in [5.41, 5.74) is 3.51. The molecule has 0 aliphatic rings. The van der Waals surface area contributed by atoms with Gasteiger partial charge in [0.25, 0.3) is 5.91 Å². The van der Waals surface area contributed by atoms with E-state index in [1.54, 1.807) is 6.92 Å². The summed E-state index contributed by atoms with van der Waals surface area (Å²) in [4.78, 5) is 12.2. The largest absolute Gasteiger partial charge is 0.492 e. The first kappa shape index (κ1) is 19.8. The number of hydrogen-bond donors (Lipinski definition) is 1. The minimum Gasteiger partial charge on any atom is -0.492 e. The van der Waals surface area contributed by atoms with Gasteiger partial charge in [0, 0.05) is 0 Å². The Morgan fingerprint density at radius 1 is 1.12 bits per heavy atom. The Morgan fingerprint density at radius 2 is 1.85 bits per heavy atom. The zero-order chi connectivity index (χ0) is 18.9. The molecule has 0 radical (unpaired) electrons. The van der Waals surface area contributed by atoms with Gasteiger partial charge in [0.1, 0.15) is 18.1 Å². The van der Waals surface area contributed by atoms with Crippen molar-refractivity contribution in [3.63, 3.8) is 0 Å². The van der Waals surface area contributed by atoms with E-state index in [2.05, 4.69) is 24.4 Å². The first-order valence-corrected chi connectivity index (χ1v) is 9.23. The fourth-order valence-corrected chi connectivity index (χ4v) is 2.62. The molecule has 140 valence electrons. The Labute approximate surface area is 156 Å². The molecule has 0 bridgehead atoms. The molecule has 0 aliphatic heterocycles. The molecule has 0 fully saturated rings. The van der Waals surface area contributed by atoms with Gasteiger partial charge in [0.15, 0.2) is 6.10 Å². The number of ether oxygens (including phenoxy) is 2. The number of aryl methyl sites for hydroxylation is 2. The standard InChI is InChI=1S/C22H29NO3/c1-5-7-19-10-12-20(13-11-19)25-15-14-23-22(24)18(4)26-21-9-6-8-16(2)17(21)3/h6,8-13,18H,5,7,14-15H2,1-4H3,(H,23,24)/t18-/m1/s1. The van der Waals surface area contributed by atoms with Gasteiger partial charge in [0.05, 0.1) is 6.54 Å². The van der Waals surface area contributed by atoms with E-state index >= 15 is 0 Å². The van der Waals surface area contributed by atoms with Crippen LogP contribution in [0.5, 0.6) is 11.5 Å². The van der Waals surface area contributed by atoms with Crippen LogP contribution in [-0.4, -0.2) is 25.2 Å². The highest BCUT2D eigenvalue weighted by Crippen LogP contribution is 2.21. The summed E-state index contributed by atoms with van der Waals surface area (Å²) in [6.45, 7) is 8.81. The van der Waals surface area contributed by atoms with E-state index in [4.69, 9.17) is 9.47 Å². The van der Waals surface area contributed by atoms with Crippen LogP contribution in [0.15, 0.2) is 42.5 Å². The lowest BCUT2D eigenvalue weighted by atomic mass is 10.1. The molecule has 0 spiro atoms. The third kappa shape index (κ3) is 5.80. The lowest BCUT2D eigenvalue weighted by Crippen LogP contribution is -2.38. The van der Waals surface area contributed by atoms with Crippen molar-refractivity contribution >= 4 is 5.91 Å². The van der Waals surface area contributed by atoms with E-state index in [0.717, 1.165) is 35.5 Å². The highest BCUT2D eigenvalue weighted by molar-refractivity contribution is 5.80. The molecule has 2 aromatic carbocycles. The third-order valence-electron chi connectivity index (χ3n) is 4.36. The van der Waals surface area contributed by atoms with E-state index in [9.17, 15) is 4.79 Å². The Hall–Kier alpha value is -2.49. The number of carbonyl (C=O) groups excluding carboxylic acids is 1. The van der Waals surface area contributed by atoms with Gasteiger partial charge in [-0.05, 0) is 62.1 Å². The average Bonchev–Trinajstić information content (AvgIpc) is 2.64. The van der Waals surface area contributed by atoms with Crippen LogP contribution in [-0.2, 0) is 11.2 Å². The number of benzene rings is 2. The van der Waals surface area contributed by atoms with Crippen LogP contribution in [0.1, 0.15) is 37.0 Å². The predicted molar refractivity (Wildman–Crippen MR) is 105 cm³/mol. The summed E-state index contributed by atoms with van der Waals surface area (Å²) < 4.78 is 11.5. The second kappa shape index (κ2) is 9.85. The van der Waals surface area contributed by atoms with Gasteiger partial charge >= 0.3 is 0 Å². The molecule has 1 atom stereocenters. The van der Waals surface area contributed by atoms with Crippen LogP contribution >= 0.6 is 0 Å². The number of rotatable bonds is 9. The van der Waals surface area contributed by atoms with Crippen LogP contribution < -0.4 is 14.8 Å². The van der Waals surface area contributed by atoms with Crippen molar-refractivity contribution in [2.45, 2.75) is 46.6 Å². The average molecular weight is 355 g/mol. The minimum absolute atomic E-state index is 0.146. The van der Waals surface area contributed by atoms with Gasteiger partial charge in [-0.2, -0.15) is 0 Å². The smallest absolute Gasteiger partial charge is 0.260 e. The highest BCUT2D eigenvalue weighted by Gasteiger charge is 2.15. The highest BCUT2D eigenvalue weighted by atomic mass is 16.5. The Bertz CT molecular complexity index is 710. The second-order valence-corrected chi connectivity index (χ2v) is 6.49. The fourth-order valence-electron chi connectivity index (χ4n) is 2.62. The number of nitrogens with one attached hydrogen (secondary N) is 1. The maximum absolute atomic E-state index is 12.2. The lowest BCUT2D eigenvalue weighted by molar-refractivity contribution is -0.127. The summed E-state index contributed by atoms with van der Waals surface area (Å²) in [7, 11) is 0. The molecule has 1 amide bonds. The quantitative estimate of drug-likeness (QED) is 0.685. The first-order valence-electron chi connectivity index (χ1n) is 9.23. The van der Waals surface area contributed by atoms with Crippen molar-refractivity contribution in [1.82, 2.24) is 5.32 Å². The number of carbonyl (C=O) groups is 1. The molecule has 0 aliphatic carbocycles. The molecule has 0 heterocycles. The second-order valence-electron chi connectivity index (χ2n) is 6.49. The predicted octanol–water partition coefficient (Wildman–Crippen LogP) is 4.22. The van der Waals surface area contributed by atoms with Crippen molar-refractivity contribution < 1.29 is 14.3 Å². The Morgan fingerprint density at radius 3 is 2.54 bits per heavy atom. The SMILES string of the molecule is CCCc1ccc(OCCNC(=O)[C@@H](C)Oc2cccc(C)c2C)cc1. The van der Waals surface area contributed by atoms with Crippen LogP contribution in [0.25, 0.3) is 0 Å². The Balaban J connectivity index is 1.73. The first-order chi connectivity index (χ1) is 12.5. The maximum atomic E-state index is 12.2. The molecule has 0 unspecified atom stereocenters. The van der Waals surface area contributed by atoms with Crippen molar-refractivity contribution in [2.75, 3.05) is 13.2 Å². The summed E-state index contributed by atoms with van der Waals surface area (Å²) in [6, 6.07) is 13.9. The summed E-state index contributed by atoms with van der Waals surface area (Å²) in [6.07, 6.45) is 1.66. The summed E-state index contributed by atoms with van der Waals surface area (Å²) in [5, 5.41) is 2.85. The molecular formula is C22H29NO3. The minimum atomic E-state index is -0.552. The van der Waals surface area contributed by atoms with E-state index in [0.29, 0.717) is 13.2 Å². The van der Waals surface area contributed by atoms with Crippen LogP contribution in [0.3, 0.4) is 0 Å². The number of hydrogen-bond acceptors (Lipinski definition) is 3. The topological polar surface area (TPSA) is 47.6 Å². The molecule has 4 heteroatoms.